The van der Waals surface area contributed by atoms with E-state index in [4.69, 9.17) is 0 Å². The molecule has 2 aromatic heterocycles. The molecular weight excluding hydrogens is 380 g/mol. The van der Waals surface area contributed by atoms with Crippen LogP contribution in [0.2, 0.25) is 0 Å². The van der Waals surface area contributed by atoms with Crippen molar-refractivity contribution >= 4 is 46.5 Å². The molecule has 0 aliphatic heterocycles. The summed E-state index contributed by atoms with van der Waals surface area (Å²) in [6, 6.07) is 10.4. The molecule has 23 heavy (non-hydrogen) atoms. The van der Waals surface area contributed by atoms with Crippen molar-refractivity contribution in [3.63, 3.8) is 0 Å². The first-order chi connectivity index (χ1) is 10.7. The Kier molecular flexibility index (Phi) is 6.12. The van der Waals surface area contributed by atoms with Gasteiger partial charge in [-0.1, -0.05) is 35.8 Å². The van der Waals surface area contributed by atoms with E-state index in [1.54, 1.807) is 23.2 Å². The average molecular weight is 390 g/mol. The zero-order valence-corrected chi connectivity index (χ0v) is 14.2. The van der Waals surface area contributed by atoms with Crippen LogP contribution in [0.4, 0.5) is 11.4 Å². The van der Waals surface area contributed by atoms with Gasteiger partial charge in [-0.3, -0.25) is 9.98 Å². The van der Waals surface area contributed by atoms with Crippen LogP contribution in [0.5, 0.6) is 11.5 Å². The van der Waals surface area contributed by atoms with E-state index in [0.717, 1.165) is 0 Å². The van der Waals surface area contributed by atoms with E-state index in [1.807, 2.05) is 24.3 Å². The van der Waals surface area contributed by atoms with E-state index in [1.165, 1.54) is 34.8 Å². The maximum Gasteiger partial charge on any atom is 2.00 e. The fourth-order valence-corrected chi connectivity index (χ4v) is 3.02. The van der Waals surface area contributed by atoms with E-state index in [-0.39, 0.29) is 28.6 Å². The third kappa shape index (κ3) is 4.30. The number of hydrogen-bond donors (Lipinski definition) is 0. The van der Waals surface area contributed by atoms with Gasteiger partial charge in [-0.2, -0.15) is 0 Å². The van der Waals surface area contributed by atoms with Gasteiger partial charge >= 0.3 is 17.1 Å². The van der Waals surface area contributed by atoms with Gasteiger partial charge in [-0.15, -0.1) is 22.7 Å². The fourth-order valence-electron chi connectivity index (χ4n) is 1.75. The maximum absolute atomic E-state index is 11.5. The largest absolute Gasteiger partial charge is 2.00 e. The Morgan fingerprint density at radius 3 is 1.52 bits per heavy atom. The molecule has 119 valence electrons. The molecule has 7 heteroatoms. The van der Waals surface area contributed by atoms with Crippen molar-refractivity contribution in [1.82, 2.24) is 0 Å². The minimum absolute atomic E-state index is 0. The molecule has 0 spiro atoms. The first-order valence-corrected chi connectivity index (χ1v) is 8.16. The average Bonchev–Trinajstić information content (AvgIpc) is 3.12. The number of aliphatic imine (C=N–C) groups is 2. The van der Waals surface area contributed by atoms with Crippen LogP contribution >= 0.6 is 22.7 Å². The molecule has 0 saturated heterocycles. The van der Waals surface area contributed by atoms with Gasteiger partial charge < -0.3 is 10.2 Å². The monoisotopic (exact) mass is 389 g/mol. The molecule has 0 fully saturated rings. The van der Waals surface area contributed by atoms with Crippen molar-refractivity contribution in [2.75, 3.05) is 0 Å². The number of benzene rings is 1. The molecular formula is C16H10CuN2O2S2. The number of nitrogens with zero attached hydrogens (tertiary/aromatic N) is 2. The Bertz CT molecular complexity index is 771. The topological polar surface area (TPSA) is 70.8 Å². The molecule has 0 unspecified atom stereocenters. The van der Waals surface area contributed by atoms with Crippen molar-refractivity contribution < 1.29 is 27.3 Å². The molecule has 0 amide bonds. The second-order valence-electron chi connectivity index (χ2n) is 4.30. The molecule has 2 heterocycles. The van der Waals surface area contributed by atoms with Gasteiger partial charge in [0.05, 0.1) is 11.4 Å². The van der Waals surface area contributed by atoms with Crippen LogP contribution in [0.25, 0.3) is 0 Å². The zero-order chi connectivity index (χ0) is 15.4. The molecule has 0 bridgehead atoms. The van der Waals surface area contributed by atoms with Gasteiger partial charge in [0.1, 0.15) is 0 Å². The van der Waals surface area contributed by atoms with Crippen LogP contribution < -0.4 is 10.2 Å². The summed E-state index contributed by atoms with van der Waals surface area (Å²) in [5.41, 5.74) is 1.30. The number of para-hydroxylation sites is 2. The van der Waals surface area contributed by atoms with Crippen LogP contribution in [0.1, 0.15) is 9.75 Å². The quantitative estimate of drug-likeness (QED) is 0.506. The smallest absolute Gasteiger partial charge is 0.871 e. The van der Waals surface area contributed by atoms with Crippen molar-refractivity contribution in [3.05, 3.63) is 56.9 Å². The Balaban J connectivity index is 0.00000192. The molecule has 0 atom stereocenters. The predicted octanol–water partition coefficient (Wildman–Crippen LogP) is 3.46. The Hall–Kier alpha value is -1.92. The summed E-state index contributed by atoms with van der Waals surface area (Å²) in [4.78, 5) is 9.82. The Morgan fingerprint density at radius 1 is 0.739 bits per heavy atom. The van der Waals surface area contributed by atoms with Crippen molar-refractivity contribution in [2.24, 2.45) is 9.98 Å². The van der Waals surface area contributed by atoms with Crippen molar-refractivity contribution in [1.29, 1.82) is 0 Å². The third-order valence-electron chi connectivity index (χ3n) is 2.84. The summed E-state index contributed by atoms with van der Waals surface area (Å²) >= 11 is 2.70. The van der Waals surface area contributed by atoms with Crippen LogP contribution in [0, 0.1) is 0 Å². The van der Waals surface area contributed by atoms with Gasteiger partial charge in [0, 0.05) is 22.2 Å². The first kappa shape index (κ1) is 17.4. The van der Waals surface area contributed by atoms with E-state index < -0.39 is 0 Å². The maximum atomic E-state index is 11.5. The molecule has 0 saturated carbocycles. The van der Waals surface area contributed by atoms with E-state index in [2.05, 4.69) is 9.98 Å². The second-order valence-corrected chi connectivity index (χ2v) is 6.20. The number of thiophene rings is 2. The molecule has 0 N–H and O–H groups in total. The molecule has 0 aliphatic rings. The minimum atomic E-state index is -0.0377. The van der Waals surface area contributed by atoms with Gasteiger partial charge in [0.25, 0.3) is 0 Å². The van der Waals surface area contributed by atoms with Gasteiger partial charge in [-0.05, 0) is 22.9 Å². The standard InChI is InChI=1S/C16H12N2O2S2.Cu/c19-13-5-7-21-15(13)9-17-11-3-1-2-4-12(11)18-10-16-14(20)6-8-22-16;/h1-10,19-20H;/q;+2/p-2. The molecule has 0 aliphatic carbocycles. The zero-order valence-electron chi connectivity index (χ0n) is 11.6. The van der Waals surface area contributed by atoms with E-state index in [0.29, 0.717) is 21.1 Å². The molecule has 3 aromatic rings. The summed E-state index contributed by atoms with van der Waals surface area (Å²) in [5, 5.41) is 26.5. The fraction of sp³-hybridized carbons (Fsp3) is 0. The summed E-state index contributed by atoms with van der Waals surface area (Å²) in [6.07, 6.45) is 3.09. The first-order valence-electron chi connectivity index (χ1n) is 6.40. The van der Waals surface area contributed by atoms with Crippen LogP contribution in [-0.2, 0) is 17.1 Å². The molecule has 1 radical (unpaired) electrons. The Labute approximate surface area is 152 Å². The third-order valence-corrected chi connectivity index (χ3v) is 4.50. The molecule has 4 nitrogen and oxygen atoms in total. The summed E-state index contributed by atoms with van der Waals surface area (Å²) in [6.45, 7) is 0. The van der Waals surface area contributed by atoms with Gasteiger partial charge in [0.2, 0.25) is 0 Å². The molecule has 3 rings (SSSR count). The number of rotatable bonds is 4. The summed E-state index contributed by atoms with van der Waals surface area (Å²) in [5.74, 6) is -0.0753. The van der Waals surface area contributed by atoms with Crippen LogP contribution in [-0.4, -0.2) is 12.4 Å². The SMILES string of the molecule is [Cu+2].[O-]c1ccsc1C=Nc1ccccc1N=Cc1sccc1[O-]. The van der Waals surface area contributed by atoms with E-state index >= 15 is 0 Å². The Morgan fingerprint density at radius 2 is 1.17 bits per heavy atom. The summed E-state index contributed by atoms with van der Waals surface area (Å²) < 4.78 is 0. The van der Waals surface area contributed by atoms with Crippen LogP contribution in [0.15, 0.2) is 57.1 Å². The van der Waals surface area contributed by atoms with Gasteiger partial charge in [-0.25, -0.2) is 0 Å². The van der Waals surface area contributed by atoms with Crippen molar-refractivity contribution in [3.8, 4) is 11.5 Å². The molecule has 1 aromatic carbocycles. The summed E-state index contributed by atoms with van der Waals surface area (Å²) in [7, 11) is 0. The number of hydrogen-bond acceptors (Lipinski definition) is 6. The van der Waals surface area contributed by atoms with Gasteiger partial charge in [0.15, 0.2) is 0 Å². The van der Waals surface area contributed by atoms with E-state index in [9.17, 15) is 10.2 Å². The predicted molar refractivity (Wildman–Crippen MR) is 88.5 cm³/mol. The van der Waals surface area contributed by atoms with Crippen LogP contribution in [0.3, 0.4) is 0 Å². The normalized spacial score (nSPS) is 11.1. The minimum Gasteiger partial charge on any atom is -0.871 e. The van der Waals surface area contributed by atoms with Crippen molar-refractivity contribution in [2.45, 2.75) is 0 Å². The second kappa shape index (κ2) is 8.08.